The lowest BCUT2D eigenvalue weighted by atomic mass is 9.97. The van der Waals surface area contributed by atoms with Gasteiger partial charge in [-0.2, -0.15) is 0 Å². The predicted octanol–water partition coefficient (Wildman–Crippen LogP) is 4.40. The van der Waals surface area contributed by atoms with Gasteiger partial charge in [0.25, 0.3) is 0 Å². The number of carbonyl (C=O) groups is 1. The topological polar surface area (TPSA) is 79.4 Å². The molecule has 1 aliphatic heterocycles. The molecule has 1 saturated heterocycles. The second-order valence-electron chi connectivity index (χ2n) is 9.04. The van der Waals surface area contributed by atoms with Crippen LogP contribution in [0.15, 0.2) is 30.6 Å². The number of benzene rings is 1. The van der Waals surface area contributed by atoms with Crippen LogP contribution in [0.5, 0.6) is 0 Å². The molecule has 2 heterocycles. The highest BCUT2D eigenvalue weighted by molar-refractivity contribution is 5.68. The van der Waals surface area contributed by atoms with Crippen LogP contribution in [0.1, 0.15) is 44.9 Å². The Labute approximate surface area is 183 Å². The van der Waals surface area contributed by atoms with Gasteiger partial charge in [-0.05, 0) is 70.7 Å². The maximum Gasteiger partial charge on any atom is 0.410 e. The Bertz CT molecular complexity index is 892. The van der Waals surface area contributed by atoms with E-state index in [0.717, 1.165) is 30.6 Å². The number of aryl methyl sites for hydroxylation is 1. The summed E-state index contributed by atoms with van der Waals surface area (Å²) in [6.07, 6.45) is 3.13. The van der Waals surface area contributed by atoms with Crippen LogP contribution in [-0.4, -0.2) is 46.2 Å². The summed E-state index contributed by atoms with van der Waals surface area (Å²) in [5.41, 5.74) is 1.62. The number of carbonyl (C=O) groups excluding carboxylic acids is 1. The normalized spacial score (nSPS) is 15.1. The van der Waals surface area contributed by atoms with Crippen LogP contribution in [0.4, 0.5) is 20.7 Å². The van der Waals surface area contributed by atoms with Gasteiger partial charge in [0, 0.05) is 25.7 Å². The molecular weight excluding hydrogens is 397 g/mol. The van der Waals surface area contributed by atoms with E-state index in [4.69, 9.17) is 4.74 Å². The number of rotatable bonds is 6. The SMILES string of the molecule is Cc1ccc(Nc2cc(CNCC3CCN(C(=O)OC(C)(C)C)CC3)ncn2)c(F)c1. The molecular formula is C23H32FN5O2. The maximum absolute atomic E-state index is 14.1. The molecule has 1 amide bonds. The molecule has 168 valence electrons. The van der Waals surface area contributed by atoms with Gasteiger partial charge in [-0.3, -0.25) is 0 Å². The zero-order chi connectivity index (χ0) is 22.4. The highest BCUT2D eigenvalue weighted by Crippen LogP contribution is 2.21. The second-order valence-corrected chi connectivity index (χ2v) is 9.04. The van der Waals surface area contributed by atoms with Crippen molar-refractivity contribution in [3.63, 3.8) is 0 Å². The summed E-state index contributed by atoms with van der Waals surface area (Å²) in [5.74, 6) is 0.746. The Morgan fingerprint density at radius 2 is 1.97 bits per heavy atom. The standard InChI is InChI=1S/C23H32FN5O2/c1-16-5-6-20(19(24)11-16)28-21-12-18(26-15-27-21)14-25-13-17-7-9-29(10-8-17)22(30)31-23(2,3)4/h5-6,11-12,15,17,25H,7-10,13-14H2,1-4H3,(H,26,27,28). The van der Waals surface area contributed by atoms with Crippen LogP contribution in [0, 0.1) is 18.7 Å². The average molecular weight is 430 g/mol. The molecule has 1 aromatic carbocycles. The third kappa shape index (κ3) is 7.17. The van der Waals surface area contributed by atoms with Crippen molar-refractivity contribution in [3.05, 3.63) is 47.7 Å². The van der Waals surface area contributed by atoms with Crippen LogP contribution in [0.25, 0.3) is 0 Å². The average Bonchev–Trinajstić information content (AvgIpc) is 2.70. The number of ether oxygens (including phenoxy) is 1. The number of amides is 1. The van der Waals surface area contributed by atoms with Crippen LogP contribution in [0.2, 0.25) is 0 Å². The minimum absolute atomic E-state index is 0.232. The fourth-order valence-corrected chi connectivity index (χ4v) is 3.47. The third-order valence-electron chi connectivity index (χ3n) is 5.12. The van der Waals surface area contributed by atoms with Crippen molar-refractivity contribution < 1.29 is 13.9 Å². The number of nitrogens with one attached hydrogen (secondary N) is 2. The van der Waals surface area contributed by atoms with Gasteiger partial charge in [-0.1, -0.05) is 6.07 Å². The number of aromatic nitrogens is 2. The number of likely N-dealkylation sites (tertiary alicyclic amines) is 1. The number of anilines is 2. The fraction of sp³-hybridized carbons (Fsp3) is 0.522. The number of hydrogen-bond acceptors (Lipinski definition) is 6. The lowest BCUT2D eigenvalue weighted by Crippen LogP contribution is -2.43. The molecule has 1 aromatic heterocycles. The smallest absolute Gasteiger partial charge is 0.410 e. The first-order valence-electron chi connectivity index (χ1n) is 10.7. The zero-order valence-corrected chi connectivity index (χ0v) is 18.7. The van der Waals surface area contributed by atoms with Gasteiger partial charge in [0.15, 0.2) is 0 Å². The van der Waals surface area contributed by atoms with Gasteiger partial charge in [0.2, 0.25) is 0 Å². The third-order valence-corrected chi connectivity index (χ3v) is 5.12. The molecule has 2 aromatic rings. The van der Waals surface area contributed by atoms with E-state index in [1.807, 2.05) is 39.8 Å². The first-order chi connectivity index (χ1) is 14.7. The molecule has 0 bridgehead atoms. The molecule has 0 unspecified atom stereocenters. The molecule has 0 aliphatic carbocycles. The van der Waals surface area contributed by atoms with E-state index in [-0.39, 0.29) is 11.9 Å². The van der Waals surface area contributed by atoms with Crippen molar-refractivity contribution in [3.8, 4) is 0 Å². The zero-order valence-electron chi connectivity index (χ0n) is 18.7. The van der Waals surface area contributed by atoms with E-state index < -0.39 is 5.60 Å². The van der Waals surface area contributed by atoms with Gasteiger partial charge >= 0.3 is 6.09 Å². The van der Waals surface area contributed by atoms with Gasteiger partial charge < -0.3 is 20.3 Å². The highest BCUT2D eigenvalue weighted by Gasteiger charge is 2.26. The highest BCUT2D eigenvalue weighted by atomic mass is 19.1. The van der Waals surface area contributed by atoms with Gasteiger partial charge in [0.05, 0.1) is 11.4 Å². The first-order valence-corrected chi connectivity index (χ1v) is 10.7. The van der Waals surface area contributed by atoms with Crippen LogP contribution >= 0.6 is 0 Å². The molecule has 0 atom stereocenters. The van der Waals surface area contributed by atoms with E-state index in [1.165, 1.54) is 12.4 Å². The molecule has 1 fully saturated rings. The minimum Gasteiger partial charge on any atom is -0.444 e. The summed E-state index contributed by atoms with van der Waals surface area (Å²) >= 11 is 0. The second kappa shape index (κ2) is 10.0. The van der Waals surface area contributed by atoms with Crippen molar-refractivity contribution >= 4 is 17.6 Å². The van der Waals surface area contributed by atoms with E-state index in [2.05, 4.69) is 20.6 Å². The molecule has 2 N–H and O–H groups in total. The molecule has 7 nitrogen and oxygen atoms in total. The lowest BCUT2D eigenvalue weighted by Gasteiger charge is -2.33. The minimum atomic E-state index is -0.466. The van der Waals surface area contributed by atoms with Crippen molar-refractivity contribution in [2.45, 2.75) is 52.7 Å². The van der Waals surface area contributed by atoms with Gasteiger partial charge in [-0.25, -0.2) is 19.2 Å². The summed E-state index contributed by atoms with van der Waals surface area (Å²) in [7, 11) is 0. The van der Waals surface area contributed by atoms with Crippen molar-refractivity contribution in [1.82, 2.24) is 20.2 Å². The summed E-state index contributed by atoms with van der Waals surface area (Å²) in [4.78, 5) is 22.4. The Morgan fingerprint density at radius 3 is 2.65 bits per heavy atom. The molecule has 8 heteroatoms. The first kappa shape index (κ1) is 22.9. The van der Waals surface area contributed by atoms with Gasteiger partial charge in [-0.15, -0.1) is 0 Å². The number of piperidine rings is 1. The summed E-state index contributed by atoms with van der Waals surface area (Å²) in [5, 5.41) is 6.44. The monoisotopic (exact) mass is 429 g/mol. The van der Waals surface area contributed by atoms with E-state index in [1.54, 1.807) is 11.0 Å². The molecule has 0 radical (unpaired) electrons. The largest absolute Gasteiger partial charge is 0.444 e. The fourth-order valence-electron chi connectivity index (χ4n) is 3.47. The van der Waals surface area contributed by atoms with E-state index in [9.17, 15) is 9.18 Å². The number of hydrogen-bond donors (Lipinski definition) is 2. The van der Waals surface area contributed by atoms with Crippen molar-refractivity contribution in [2.75, 3.05) is 25.0 Å². The number of nitrogens with zero attached hydrogens (tertiary/aromatic N) is 3. The van der Waals surface area contributed by atoms with Crippen LogP contribution in [-0.2, 0) is 11.3 Å². The van der Waals surface area contributed by atoms with Crippen molar-refractivity contribution in [1.29, 1.82) is 0 Å². The number of halogens is 1. The van der Waals surface area contributed by atoms with E-state index >= 15 is 0 Å². The Kier molecular flexibility index (Phi) is 7.43. The molecule has 1 aliphatic rings. The van der Waals surface area contributed by atoms with E-state index in [0.29, 0.717) is 37.1 Å². The Morgan fingerprint density at radius 1 is 1.23 bits per heavy atom. The van der Waals surface area contributed by atoms with Crippen molar-refractivity contribution in [2.24, 2.45) is 5.92 Å². The Hall–Kier alpha value is -2.74. The van der Waals surface area contributed by atoms with Crippen LogP contribution < -0.4 is 10.6 Å². The molecule has 0 saturated carbocycles. The lowest BCUT2D eigenvalue weighted by molar-refractivity contribution is 0.0184. The quantitative estimate of drug-likeness (QED) is 0.708. The molecule has 31 heavy (non-hydrogen) atoms. The summed E-state index contributed by atoms with van der Waals surface area (Å²) in [6, 6.07) is 6.86. The predicted molar refractivity (Wildman–Crippen MR) is 119 cm³/mol. The maximum atomic E-state index is 14.1. The Balaban J connectivity index is 1.43. The van der Waals surface area contributed by atoms with Gasteiger partial charge in [0.1, 0.15) is 23.6 Å². The summed E-state index contributed by atoms with van der Waals surface area (Å²) < 4.78 is 19.5. The molecule has 3 rings (SSSR count). The molecule has 0 spiro atoms. The summed E-state index contributed by atoms with van der Waals surface area (Å²) in [6.45, 7) is 10.4. The van der Waals surface area contributed by atoms with Crippen LogP contribution in [0.3, 0.4) is 0 Å².